The summed E-state index contributed by atoms with van der Waals surface area (Å²) in [6.45, 7) is 6.48. The van der Waals surface area contributed by atoms with Gasteiger partial charge in [0.15, 0.2) is 11.8 Å². The number of halogens is 2. The highest BCUT2D eigenvalue weighted by Gasteiger charge is 2.08. The molecule has 2 aromatic rings. The van der Waals surface area contributed by atoms with Gasteiger partial charge in [-0.3, -0.25) is 0 Å². The van der Waals surface area contributed by atoms with E-state index in [4.69, 9.17) is 16.3 Å². The number of hydrogen-bond acceptors (Lipinski definition) is 4. The quantitative estimate of drug-likeness (QED) is 0.366. The Labute approximate surface area is 176 Å². The van der Waals surface area contributed by atoms with Crippen LogP contribution in [0.25, 0.3) is 0 Å². The summed E-state index contributed by atoms with van der Waals surface area (Å²) in [6, 6.07) is 7.35. The Morgan fingerprint density at radius 1 is 1.31 bits per heavy atom. The van der Waals surface area contributed by atoms with Crippen LogP contribution in [0.4, 0.5) is 0 Å². The maximum atomic E-state index is 5.87. The van der Waals surface area contributed by atoms with Crippen LogP contribution in [-0.2, 0) is 13.6 Å². The fourth-order valence-corrected chi connectivity index (χ4v) is 2.27. The Balaban J connectivity index is 0.00000338. The molecule has 0 aliphatic rings. The Morgan fingerprint density at radius 2 is 2.00 bits per heavy atom. The molecule has 0 amide bonds. The van der Waals surface area contributed by atoms with E-state index in [1.165, 1.54) is 0 Å². The van der Waals surface area contributed by atoms with Crippen molar-refractivity contribution in [2.75, 3.05) is 26.7 Å². The summed E-state index contributed by atoms with van der Waals surface area (Å²) in [6.07, 6.45) is 0. The van der Waals surface area contributed by atoms with E-state index in [9.17, 15) is 0 Å². The van der Waals surface area contributed by atoms with Crippen molar-refractivity contribution in [3.05, 3.63) is 40.9 Å². The number of likely N-dealkylation sites (N-methyl/N-ethyl adjacent to an activating group) is 1. The summed E-state index contributed by atoms with van der Waals surface area (Å²) < 4.78 is 7.68. The van der Waals surface area contributed by atoms with Gasteiger partial charge in [-0.05, 0) is 38.1 Å². The molecule has 1 aromatic heterocycles. The van der Waals surface area contributed by atoms with Gasteiger partial charge in [0, 0.05) is 25.7 Å². The molecule has 2 rings (SSSR count). The largest absolute Gasteiger partial charge is 0.492 e. The summed E-state index contributed by atoms with van der Waals surface area (Å²) in [5, 5.41) is 12.2. The van der Waals surface area contributed by atoms with Crippen LogP contribution in [0.3, 0.4) is 0 Å². The molecule has 144 valence electrons. The third kappa shape index (κ3) is 6.64. The van der Waals surface area contributed by atoms with Gasteiger partial charge < -0.3 is 19.5 Å². The topological polar surface area (TPSA) is 67.6 Å². The van der Waals surface area contributed by atoms with E-state index in [2.05, 4.69) is 20.5 Å². The number of aryl methyl sites for hydroxylation is 1. The molecular formula is C17H26ClIN6O. The summed E-state index contributed by atoms with van der Waals surface area (Å²) in [7, 11) is 3.92. The Bertz CT molecular complexity index is 704. The van der Waals surface area contributed by atoms with Gasteiger partial charge in [0.25, 0.3) is 0 Å². The number of guanidine groups is 1. The normalized spacial score (nSPS) is 11.0. The predicted octanol–water partition coefficient (Wildman–Crippen LogP) is 2.87. The zero-order valence-electron chi connectivity index (χ0n) is 15.6. The molecule has 26 heavy (non-hydrogen) atoms. The molecule has 0 unspecified atom stereocenters. The number of ether oxygens (including phenoxy) is 1. The van der Waals surface area contributed by atoms with Crippen LogP contribution >= 0.6 is 35.6 Å². The number of hydrogen-bond donors (Lipinski definition) is 1. The molecular weight excluding hydrogens is 467 g/mol. The zero-order valence-corrected chi connectivity index (χ0v) is 18.7. The van der Waals surface area contributed by atoms with Crippen LogP contribution in [0.2, 0.25) is 5.02 Å². The lowest BCUT2D eigenvalue weighted by molar-refractivity contribution is 0.281. The average Bonchev–Trinajstić information content (AvgIpc) is 2.92. The van der Waals surface area contributed by atoms with Crippen LogP contribution in [0.5, 0.6) is 5.75 Å². The average molecular weight is 493 g/mol. The van der Waals surface area contributed by atoms with Gasteiger partial charge in [0.05, 0.1) is 6.54 Å². The summed E-state index contributed by atoms with van der Waals surface area (Å²) in [5.74, 6) is 3.32. The smallest absolute Gasteiger partial charge is 0.194 e. The maximum absolute atomic E-state index is 5.87. The summed E-state index contributed by atoms with van der Waals surface area (Å²) >= 11 is 5.87. The van der Waals surface area contributed by atoms with E-state index in [0.717, 1.165) is 29.9 Å². The Kier molecular flexibility index (Phi) is 9.71. The van der Waals surface area contributed by atoms with E-state index in [0.29, 0.717) is 24.7 Å². The maximum Gasteiger partial charge on any atom is 0.194 e. The highest BCUT2D eigenvalue weighted by molar-refractivity contribution is 14.0. The Morgan fingerprint density at radius 3 is 2.58 bits per heavy atom. The fourth-order valence-electron chi connectivity index (χ4n) is 2.14. The van der Waals surface area contributed by atoms with Crippen molar-refractivity contribution in [2.45, 2.75) is 20.4 Å². The monoisotopic (exact) mass is 492 g/mol. The van der Waals surface area contributed by atoms with E-state index in [-0.39, 0.29) is 24.0 Å². The van der Waals surface area contributed by atoms with Crippen LogP contribution in [0.1, 0.15) is 18.6 Å². The molecule has 0 spiro atoms. The molecule has 0 aliphatic heterocycles. The van der Waals surface area contributed by atoms with Crippen LogP contribution in [-0.4, -0.2) is 52.4 Å². The van der Waals surface area contributed by atoms with Gasteiger partial charge in [-0.15, -0.1) is 34.2 Å². The van der Waals surface area contributed by atoms with Crippen molar-refractivity contribution in [2.24, 2.45) is 12.0 Å². The van der Waals surface area contributed by atoms with Crippen molar-refractivity contribution < 1.29 is 4.74 Å². The molecule has 0 bridgehead atoms. The first-order chi connectivity index (χ1) is 12.0. The third-order valence-corrected chi connectivity index (χ3v) is 4.01. The van der Waals surface area contributed by atoms with Crippen LogP contribution < -0.4 is 10.1 Å². The fraction of sp³-hybridized carbons (Fsp3) is 0.471. The minimum atomic E-state index is 0. The molecule has 0 aliphatic carbocycles. The van der Waals surface area contributed by atoms with E-state index < -0.39 is 0 Å². The molecule has 0 radical (unpaired) electrons. The van der Waals surface area contributed by atoms with Gasteiger partial charge in [-0.2, -0.15) is 0 Å². The number of nitrogens with one attached hydrogen (secondary N) is 1. The van der Waals surface area contributed by atoms with Crippen molar-refractivity contribution in [1.29, 1.82) is 0 Å². The second-order valence-electron chi connectivity index (χ2n) is 5.62. The molecule has 0 saturated carbocycles. The molecule has 1 aromatic carbocycles. The van der Waals surface area contributed by atoms with Crippen molar-refractivity contribution >= 4 is 41.5 Å². The molecule has 1 N–H and O–H groups in total. The van der Waals surface area contributed by atoms with Gasteiger partial charge in [-0.25, -0.2) is 4.99 Å². The van der Waals surface area contributed by atoms with E-state index in [1.54, 1.807) is 0 Å². The Hall–Kier alpha value is -1.55. The zero-order chi connectivity index (χ0) is 18.2. The van der Waals surface area contributed by atoms with Crippen molar-refractivity contribution in [3.8, 4) is 5.75 Å². The van der Waals surface area contributed by atoms with Gasteiger partial charge in [-0.1, -0.05) is 11.6 Å². The molecule has 7 nitrogen and oxygen atoms in total. The first-order valence-electron chi connectivity index (χ1n) is 8.24. The number of rotatable bonds is 7. The van der Waals surface area contributed by atoms with E-state index >= 15 is 0 Å². The highest BCUT2D eigenvalue weighted by Crippen LogP contribution is 2.15. The van der Waals surface area contributed by atoms with E-state index in [1.807, 2.05) is 61.7 Å². The number of aliphatic imine (C=N–C) groups is 1. The predicted molar refractivity (Wildman–Crippen MR) is 116 cm³/mol. The summed E-state index contributed by atoms with van der Waals surface area (Å²) in [4.78, 5) is 6.66. The second-order valence-corrected chi connectivity index (χ2v) is 6.05. The van der Waals surface area contributed by atoms with Gasteiger partial charge >= 0.3 is 0 Å². The lowest BCUT2D eigenvalue weighted by Gasteiger charge is -2.22. The van der Waals surface area contributed by atoms with Gasteiger partial charge in [0.2, 0.25) is 0 Å². The molecule has 1 heterocycles. The minimum Gasteiger partial charge on any atom is -0.492 e. The second kappa shape index (κ2) is 11.2. The number of benzene rings is 1. The van der Waals surface area contributed by atoms with Crippen molar-refractivity contribution in [3.63, 3.8) is 0 Å². The standard InChI is InChI=1S/C17H25ClN6O.HI/c1-5-19-17(20-12-16-22-21-13(2)24(16)4)23(3)10-11-25-15-8-6-14(18)7-9-15;/h6-9H,5,10-12H2,1-4H3,(H,19,20);1H. The van der Waals surface area contributed by atoms with Crippen LogP contribution in [0.15, 0.2) is 29.3 Å². The number of aromatic nitrogens is 3. The first-order valence-corrected chi connectivity index (χ1v) is 8.61. The lowest BCUT2D eigenvalue weighted by atomic mass is 10.3. The van der Waals surface area contributed by atoms with Crippen molar-refractivity contribution in [1.82, 2.24) is 25.0 Å². The number of nitrogens with zero attached hydrogens (tertiary/aromatic N) is 5. The molecule has 0 saturated heterocycles. The molecule has 0 atom stereocenters. The highest BCUT2D eigenvalue weighted by atomic mass is 127. The minimum absolute atomic E-state index is 0. The lowest BCUT2D eigenvalue weighted by Crippen LogP contribution is -2.40. The van der Waals surface area contributed by atoms with Crippen LogP contribution in [0, 0.1) is 6.92 Å². The third-order valence-electron chi connectivity index (χ3n) is 3.76. The SMILES string of the molecule is CCNC(=NCc1nnc(C)n1C)N(C)CCOc1ccc(Cl)cc1.I. The molecule has 0 fully saturated rings. The first kappa shape index (κ1) is 22.5. The molecule has 9 heteroatoms. The summed E-state index contributed by atoms with van der Waals surface area (Å²) in [5.41, 5.74) is 0. The van der Waals surface area contributed by atoms with Gasteiger partial charge in [0.1, 0.15) is 24.7 Å².